The molecule has 0 atom stereocenters. The zero-order valence-electron chi connectivity index (χ0n) is 4.16. The molecule has 39 valence electrons. The summed E-state index contributed by atoms with van der Waals surface area (Å²) in [6.45, 7) is 0. The molecule has 2 rings (SSSR count). The summed E-state index contributed by atoms with van der Waals surface area (Å²) in [4.78, 5) is 0. The van der Waals surface area contributed by atoms with E-state index in [0.717, 1.165) is 5.00 Å². The first-order valence-electron chi connectivity index (χ1n) is 2.42. The largest absolute Gasteiger partial charge is 0.245 e. The zero-order chi connectivity index (χ0) is 5.40. The Bertz CT molecular complexity index is 224. The second-order valence-corrected chi connectivity index (χ2v) is 2.52. The van der Waals surface area contributed by atoms with Crippen molar-refractivity contribution >= 4 is 22.4 Å². The minimum atomic E-state index is 1.14. The van der Waals surface area contributed by atoms with Crippen molar-refractivity contribution in [3.05, 3.63) is 23.2 Å². The summed E-state index contributed by atoms with van der Waals surface area (Å²) >= 11 is 1.68. The second kappa shape index (κ2) is 1.36. The van der Waals surface area contributed by atoms with E-state index in [1.165, 1.54) is 5.56 Å². The Labute approximate surface area is 51.7 Å². The molecule has 1 aliphatic heterocycles. The van der Waals surface area contributed by atoms with Gasteiger partial charge in [-0.25, -0.2) is 5.32 Å². The summed E-state index contributed by atoms with van der Waals surface area (Å²) in [6.07, 6.45) is 3.85. The van der Waals surface area contributed by atoms with Gasteiger partial charge in [0.25, 0.3) is 0 Å². The minimum Gasteiger partial charge on any atom is -0.245 e. The molecule has 0 fully saturated rings. The van der Waals surface area contributed by atoms with Crippen molar-refractivity contribution in [1.29, 1.82) is 0 Å². The number of hydrogen-bond donors (Lipinski definition) is 0. The normalized spacial score (nSPS) is 13.5. The van der Waals surface area contributed by atoms with Crippen LogP contribution in [0.4, 0.5) is 5.00 Å². The van der Waals surface area contributed by atoms with Gasteiger partial charge in [-0.15, -0.1) is 11.3 Å². The number of hydrogen-bond acceptors (Lipinski definition) is 1. The maximum atomic E-state index is 4.10. The van der Waals surface area contributed by atoms with Gasteiger partial charge in [-0.1, -0.05) is 0 Å². The lowest BCUT2D eigenvalue weighted by atomic mass is 10.3. The average Bonchev–Trinajstić information content (AvgIpc) is 2.15. The van der Waals surface area contributed by atoms with E-state index in [1.807, 2.05) is 12.3 Å². The van der Waals surface area contributed by atoms with Gasteiger partial charge in [-0.2, -0.15) is 0 Å². The highest BCUT2D eigenvalue weighted by molar-refractivity contribution is 7.14. The van der Waals surface area contributed by atoms with Gasteiger partial charge in [-0.3, -0.25) is 0 Å². The van der Waals surface area contributed by atoms with Crippen LogP contribution in [-0.4, -0.2) is 0 Å². The van der Waals surface area contributed by atoms with Gasteiger partial charge in [0.05, 0.1) is 0 Å². The van der Waals surface area contributed by atoms with Crippen LogP contribution in [0.15, 0.2) is 17.6 Å². The van der Waals surface area contributed by atoms with Crippen LogP contribution in [0, 0.1) is 0 Å². The molecule has 0 unspecified atom stereocenters. The van der Waals surface area contributed by atoms with Gasteiger partial charge in [0.15, 0.2) is 0 Å². The monoisotopic (exact) mass is 122 g/mol. The first-order chi connectivity index (χ1) is 3.97. The third-order valence-corrected chi connectivity index (χ3v) is 1.96. The number of rotatable bonds is 0. The highest BCUT2D eigenvalue weighted by Crippen LogP contribution is 2.28. The number of nitrogens with zero attached hydrogens (tertiary/aromatic N) is 1. The summed E-state index contributed by atoms with van der Waals surface area (Å²) in [5.74, 6) is 0. The van der Waals surface area contributed by atoms with Crippen LogP contribution < -0.4 is 5.32 Å². The highest BCUT2D eigenvalue weighted by atomic mass is 32.1. The quantitative estimate of drug-likeness (QED) is 0.499. The molecule has 8 heavy (non-hydrogen) atoms. The standard InChI is InChI=1S/C6H4NS/c1-3-7-6-5(1)2-4-8-6/h1-4H. The van der Waals surface area contributed by atoms with Crippen molar-refractivity contribution in [2.24, 2.45) is 0 Å². The molecule has 0 amide bonds. The highest BCUT2D eigenvalue weighted by Gasteiger charge is 2.04. The molecule has 1 radical (unpaired) electrons. The smallest absolute Gasteiger partial charge is 0.123 e. The Balaban J connectivity index is 2.67. The van der Waals surface area contributed by atoms with Crippen LogP contribution in [0.1, 0.15) is 5.56 Å². The van der Waals surface area contributed by atoms with E-state index < -0.39 is 0 Å². The van der Waals surface area contributed by atoms with Crippen molar-refractivity contribution in [3.63, 3.8) is 0 Å². The lowest BCUT2D eigenvalue weighted by Crippen LogP contribution is -1.71. The van der Waals surface area contributed by atoms with Gasteiger partial charge in [0.2, 0.25) is 0 Å². The molecule has 0 saturated carbocycles. The van der Waals surface area contributed by atoms with E-state index >= 15 is 0 Å². The van der Waals surface area contributed by atoms with Gasteiger partial charge >= 0.3 is 0 Å². The third-order valence-electron chi connectivity index (χ3n) is 1.12. The molecule has 0 spiro atoms. The fourth-order valence-corrected chi connectivity index (χ4v) is 1.47. The molecule has 1 aromatic heterocycles. The van der Waals surface area contributed by atoms with Crippen molar-refractivity contribution in [2.75, 3.05) is 0 Å². The first-order valence-corrected chi connectivity index (χ1v) is 3.30. The maximum Gasteiger partial charge on any atom is 0.123 e. The number of fused-ring (bicyclic) bond motifs is 1. The van der Waals surface area contributed by atoms with E-state index in [0.29, 0.717) is 0 Å². The Morgan fingerprint density at radius 1 is 1.50 bits per heavy atom. The minimum absolute atomic E-state index is 1.14. The van der Waals surface area contributed by atoms with Crippen LogP contribution in [0.5, 0.6) is 0 Å². The SMILES string of the molecule is C1=Cc2ccsc2[N]1. The lowest BCUT2D eigenvalue weighted by Gasteiger charge is -1.80. The van der Waals surface area contributed by atoms with E-state index in [-0.39, 0.29) is 0 Å². The van der Waals surface area contributed by atoms with Gasteiger partial charge in [0.1, 0.15) is 5.00 Å². The van der Waals surface area contributed by atoms with Crippen LogP contribution in [0.25, 0.3) is 6.08 Å². The molecule has 0 saturated heterocycles. The fraction of sp³-hybridized carbons (Fsp3) is 0. The van der Waals surface area contributed by atoms with Crippen LogP contribution in [-0.2, 0) is 0 Å². The van der Waals surface area contributed by atoms with Crippen LogP contribution in [0.3, 0.4) is 0 Å². The molecule has 1 nitrogen and oxygen atoms in total. The average molecular weight is 122 g/mol. The summed E-state index contributed by atoms with van der Waals surface area (Å²) in [6, 6.07) is 2.08. The molecule has 0 aliphatic carbocycles. The molecule has 0 aromatic carbocycles. The molecular weight excluding hydrogens is 118 g/mol. The Hall–Kier alpha value is -0.760. The Morgan fingerprint density at radius 2 is 2.50 bits per heavy atom. The number of thiophene rings is 1. The second-order valence-electron chi connectivity index (χ2n) is 1.63. The van der Waals surface area contributed by atoms with E-state index in [2.05, 4.69) is 16.8 Å². The maximum absolute atomic E-state index is 4.10. The Kier molecular flexibility index (Phi) is 0.704. The van der Waals surface area contributed by atoms with Crippen molar-refractivity contribution in [1.82, 2.24) is 5.32 Å². The van der Waals surface area contributed by atoms with Crippen LogP contribution in [0.2, 0.25) is 0 Å². The summed E-state index contributed by atoms with van der Waals surface area (Å²) < 4.78 is 0. The molecular formula is C6H4NS. The zero-order valence-corrected chi connectivity index (χ0v) is 4.98. The fourth-order valence-electron chi connectivity index (χ4n) is 0.728. The van der Waals surface area contributed by atoms with Crippen molar-refractivity contribution < 1.29 is 0 Å². The topological polar surface area (TPSA) is 14.1 Å². The van der Waals surface area contributed by atoms with Crippen LogP contribution >= 0.6 is 11.3 Å². The molecule has 2 heterocycles. The first kappa shape index (κ1) is 4.15. The lowest BCUT2D eigenvalue weighted by molar-refractivity contribution is 1.26. The summed E-state index contributed by atoms with van der Waals surface area (Å²) in [5, 5.41) is 7.29. The molecule has 0 N–H and O–H groups in total. The van der Waals surface area contributed by atoms with Crippen molar-refractivity contribution in [2.45, 2.75) is 0 Å². The van der Waals surface area contributed by atoms with Gasteiger partial charge < -0.3 is 0 Å². The molecule has 0 bridgehead atoms. The van der Waals surface area contributed by atoms with E-state index in [4.69, 9.17) is 0 Å². The molecule has 1 aromatic rings. The summed E-state index contributed by atoms with van der Waals surface area (Å²) in [5.41, 5.74) is 1.26. The van der Waals surface area contributed by atoms with E-state index in [9.17, 15) is 0 Å². The Morgan fingerprint density at radius 3 is 3.38 bits per heavy atom. The predicted molar refractivity (Wildman–Crippen MR) is 35.1 cm³/mol. The van der Waals surface area contributed by atoms with Gasteiger partial charge in [-0.05, 0) is 17.5 Å². The van der Waals surface area contributed by atoms with E-state index in [1.54, 1.807) is 11.3 Å². The molecule has 1 aliphatic rings. The predicted octanol–water partition coefficient (Wildman–Crippen LogP) is 1.97. The molecule has 2 heteroatoms. The summed E-state index contributed by atoms with van der Waals surface area (Å²) in [7, 11) is 0. The van der Waals surface area contributed by atoms with Crippen molar-refractivity contribution in [3.8, 4) is 0 Å². The third kappa shape index (κ3) is 0.406. The van der Waals surface area contributed by atoms with Gasteiger partial charge in [0, 0.05) is 11.8 Å².